The molecule has 3 aliphatic rings. The highest BCUT2D eigenvalue weighted by atomic mass is 16.7. The summed E-state index contributed by atoms with van der Waals surface area (Å²) in [7, 11) is 0. The van der Waals surface area contributed by atoms with E-state index in [-0.39, 0.29) is 30.1 Å². The van der Waals surface area contributed by atoms with E-state index in [9.17, 15) is 4.79 Å². The van der Waals surface area contributed by atoms with Gasteiger partial charge in [0.2, 0.25) is 0 Å². The Morgan fingerprint density at radius 3 is 3.14 bits per heavy atom. The Labute approximate surface area is 83.1 Å². The van der Waals surface area contributed by atoms with E-state index in [0.29, 0.717) is 0 Å². The largest absolute Gasteiger partial charge is 0.459 e. The van der Waals surface area contributed by atoms with E-state index in [2.05, 4.69) is 0 Å². The molecule has 0 unspecified atom stereocenters. The maximum absolute atomic E-state index is 11.6. The molecule has 0 bridgehead atoms. The topological polar surface area (TPSA) is 38.8 Å². The number of rotatable bonds is 0. The SMILES string of the molecule is C[C@H]1OC(=O)[C@H]2[C@@H]1ON1CCCC[C@H]21. The first kappa shape index (κ1) is 8.68. The minimum Gasteiger partial charge on any atom is -0.459 e. The lowest BCUT2D eigenvalue weighted by molar-refractivity contribution is -0.192. The molecule has 4 heteroatoms. The minimum absolute atomic E-state index is 0.0226. The molecule has 3 aliphatic heterocycles. The summed E-state index contributed by atoms with van der Waals surface area (Å²) in [5.74, 6) is -0.0813. The molecule has 0 aromatic heterocycles. The molecule has 78 valence electrons. The smallest absolute Gasteiger partial charge is 0.313 e. The molecule has 0 N–H and O–H groups in total. The predicted octanol–water partition coefficient (Wildman–Crippen LogP) is 0.716. The van der Waals surface area contributed by atoms with Gasteiger partial charge < -0.3 is 4.74 Å². The second kappa shape index (κ2) is 2.94. The van der Waals surface area contributed by atoms with Gasteiger partial charge in [-0.2, -0.15) is 5.06 Å². The average Bonchev–Trinajstić information content (AvgIpc) is 2.66. The molecule has 0 saturated carbocycles. The highest BCUT2D eigenvalue weighted by molar-refractivity contribution is 5.77. The zero-order chi connectivity index (χ0) is 9.71. The molecule has 0 spiro atoms. The van der Waals surface area contributed by atoms with Gasteiger partial charge in [-0.1, -0.05) is 6.42 Å². The van der Waals surface area contributed by atoms with Crippen molar-refractivity contribution in [2.75, 3.05) is 6.54 Å². The van der Waals surface area contributed by atoms with Crippen molar-refractivity contribution in [3.63, 3.8) is 0 Å². The summed E-state index contributed by atoms with van der Waals surface area (Å²) in [4.78, 5) is 17.4. The highest BCUT2D eigenvalue weighted by Crippen LogP contribution is 2.40. The lowest BCUT2D eigenvalue weighted by Gasteiger charge is -2.29. The van der Waals surface area contributed by atoms with Gasteiger partial charge in [0.1, 0.15) is 18.1 Å². The Morgan fingerprint density at radius 1 is 1.43 bits per heavy atom. The molecule has 4 atom stereocenters. The number of fused-ring (bicyclic) bond motifs is 3. The van der Waals surface area contributed by atoms with Gasteiger partial charge in [-0.25, -0.2) is 0 Å². The van der Waals surface area contributed by atoms with Crippen molar-refractivity contribution < 1.29 is 14.4 Å². The van der Waals surface area contributed by atoms with E-state index in [0.717, 1.165) is 13.0 Å². The van der Waals surface area contributed by atoms with Crippen LogP contribution in [0.1, 0.15) is 26.2 Å². The van der Waals surface area contributed by atoms with E-state index in [1.807, 2.05) is 12.0 Å². The van der Waals surface area contributed by atoms with Crippen LogP contribution in [0.15, 0.2) is 0 Å². The molecular formula is C10H15NO3. The van der Waals surface area contributed by atoms with Crippen LogP contribution in [0, 0.1) is 5.92 Å². The number of hydroxylamine groups is 2. The lowest BCUT2D eigenvalue weighted by atomic mass is 9.89. The fourth-order valence-corrected chi connectivity index (χ4v) is 2.86. The van der Waals surface area contributed by atoms with Crippen LogP contribution in [-0.4, -0.2) is 35.8 Å². The maximum atomic E-state index is 11.6. The third-order valence-electron chi connectivity index (χ3n) is 3.56. The summed E-state index contributed by atoms with van der Waals surface area (Å²) in [6, 6.07) is 0.284. The number of carbonyl (C=O) groups excluding carboxylic acids is 1. The first-order valence-corrected chi connectivity index (χ1v) is 5.41. The monoisotopic (exact) mass is 197 g/mol. The number of nitrogens with zero attached hydrogens (tertiary/aromatic N) is 1. The quantitative estimate of drug-likeness (QED) is 0.536. The number of ether oxygens (including phenoxy) is 1. The van der Waals surface area contributed by atoms with Crippen LogP contribution in [-0.2, 0) is 14.4 Å². The Kier molecular flexibility index (Phi) is 1.82. The van der Waals surface area contributed by atoms with Crippen molar-refractivity contribution in [1.82, 2.24) is 5.06 Å². The molecule has 3 heterocycles. The van der Waals surface area contributed by atoms with Crippen molar-refractivity contribution >= 4 is 5.97 Å². The molecule has 3 fully saturated rings. The number of carbonyl (C=O) groups is 1. The van der Waals surface area contributed by atoms with E-state index < -0.39 is 0 Å². The molecular weight excluding hydrogens is 182 g/mol. The van der Waals surface area contributed by atoms with Crippen LogP contribution in [0.25, 0.3) is 0 Å². The average molecular weight is 197 g/mol. The van der Waals surface area contributed by atoms with Gasteiger partial charge in [0.25, 0.3) is 0 Å². The molecule has 0 radical (unpaired) electrons. The third kappa shape index (κ3) is 1.04. The van der Waals surface area contributed by atoms with Gasteiger partial charge in [0.15, 0.2) is 0 Å². The Balaban J connectivity index is 1.87. The second-order valence-electron chi connectivity index (χ2n) is 4.44. The van der Waals surface area contributed by atoms with E-state index >= 15 is 0 Å². The fraction of sp³-hybridized carbons (Fsp3) is 0.900. The third-order valence-corrected chi connectivity index (χ3v) is 3.56. The number of hydrogen-bond acceptors (Lipinski definition) is 4. The van der Waals surface area contributed by atoms with Crippen molar-refractivity contribution in [1.29, 1.82) is 0 Å². The van der Waals surface area contributed by atoms with Crippen molar-refractivity contribution in [2.24, 2.45) is 5.92 Å². The van der Waals surface area contributed by atoms with E-state index in [1.54, 1.807) is 0 Å². The molecule has 0 aliphatic carbocycles. The zero-order valence-corrected chi connectivity index (χ0v) is 8.31. The molecule has 4 nitrogen and oxygen atoms in total. The summed E-state index contributed by atoms with van der Waals surface area (Å²) in [6.07, 6.45) is 3.36. The molecule has 3 rings (SSSR count). The zero-order valence-electron chi connectivity index (χ0n) is 8.31. The second-order valence-corrected chi connectivity index (χ2v) is 4.44. The Morgan fingerprint density at radius 2 is 2.29 bits per heavy atom. The van der Waals surface area contributed by atoms with Gasteiger partial charge in [0, 0.05) is 6.54 Å². The number of cyclic esters (lactones) is 1. The molecule has 14 heavy (non-hydrogen) atoms. The molecule has 0 aromatic carbocycles. The van der Waals surface area contributed by atoms with Gasteiger partial charge in [-0.05, 0) is 19.8 Å². The van der Waals surface area contributed by atoms with Crippen LogP contribution in [0.5, 0.6) is 0 Å². The van der Waals surface area contributed by atoms with Crippen LogP contribution >= 0.6 is 0 Å². The van der Waals surface area contributed by atoms with Crippen LogP contribution in [0.4, 0.5) is 0 Å². The van der Waals surface area contributed by atoms with Crippen LogP contribution < -0.4 is 0 Å². The maximum Gasteiger partial charge on any atom is 0.313 e. The van der Waals surface area contributed by atoms with Crippen LogP contribution in [0.3, 0.4) is 0 Å². The summed E-state index contributed by atoms with van der Waals surface area (Å²) in [5, 5.41) is 2.01. The molecule has 3 saturated heterocycles. The van der Waals surface area contributed by atoms with Gasteiger partial charge in [-0.15, -0.1) is 0 Å². The Bertz CT molecular complexity index is 268. The van der Waals surface area contributed by atoms with Crippen molar-refractivity contribution in [2.45, 2.75) is 44.4 Å². The van der Waals surface area contributed by atoms with Crippen molar-refractivity contribution in [3.8, 4) is 0 Å². The van der Waals surface area contributed by atoms with Crippen LogP contribution in [0.2, 0.25) is 0 Å². The van der Waals surface area contributed by atoms with Gasteiger partial charge >= 0.3 is 5.97 Å². The standard InChI is InChI=1S/C10H15NO3/c1-6-9-8(10(12)13-6)7-4-2-3-5-11(7)14-9/h6-9H,2-5H2,1H3/t6-,7-,8-,9-/m1/s1. The fourth-order valence-electron chi connectivity index (χ4n) is 2.86. The summed E-state index contributed by atoms with van der Waals surface area (Å²) in [6.45, 7) is 2.89. The lowest BCUT2D eigenvalue weighted by Crippen LogP contribution is -2.38. The summed E-state index contributed by atoms with van der Waals surface area (Å²) >= 11 is 0. The number of hydrogen-bond donors (Lipinski definition) is 0. The summed E-state index contributed by atoms with van der Waals surface area (Å²) in [5.41, 5.74) is 0. The molecule has 0 aromatic rings. The van der Waals surface area contributed by atoms with Gasteiger partial charge in [0.05, 0.1) is 6.04 Å². The van der Waals surface area contributed by atoms with E-state index in [1.165, 1.54) is 12.8 Å². The van der Waals surface area contributed by atoms with E-state index in [4.69, 9.17) is 9.57 Å². The minimum atomic E-state index is -0.0712. The van der Waals surface area contributed by atoms with Crippen molar-refractivity contribution in [3.05, 3.63) is 0 Å². The first-order valence-electron chi connectivity index (χ1n) is 5.41. The molecule has 0 amide bonds. The summed E-state index contributed by atoms with van der Waals surface area (Å²) < 4.78 is 5.19. The Hall–Kier alpha value is -0.610. The highest BCUT2D eigenvalue weighted by Gasteiger charge is 2.56. The normalized spacial score (nSPS) is 47.4. The number of piperidine rings is 1. The number of esters is 1. The first-order chi connectivity index (χ1) is 6.77. The predicted molar refractivity (Wildman–Crippen MR) is 48.3 cm³/mol. The van der Waals surface area contributed by atoms with Gasteiger partial charge in [-0.3, -0.25) is 9.63 Å².